The fourth-order valence-corrected chi connectivity index (χ4v) is 1.83. The first-order chi connectivity index (χ1) is 9.77. The molecule has 1 heterocycles. The molecule has 0 saturated heterocycles. The summed E-state index contributed by atoms with van der Waals surface area (Å²) in [6.45, 7) is 1.71. The second-order valence-corrected chi connectivity index (χ2v) is 4.41. The summed E-state index contributed by atoms with van der Waals surface area (Å²) >= 11 is 5.74. The van der Waals surface area contributed by atoms with Gasteiger partial charge in [0.25, 0.3) is 0 Å². The third kappa shape index (κ3) is 4.25. The molecule has 0 aliphatic rings. The van der Waals surface area contributed by atoms with Crippen molar-refractivity contribution in [3.63, 3.8) is 0 Å². The number of ether oxygens (including phenoxy) is 1. The average Bonchev–Trinajstić information content (AvgIpc) is 2.37. The van der Waals surface area contributed by atoms with Gasteiger partial charge in [0.1, 0.15) is 11.3 Å². The van der Waals surface area contributed by atoms with E-state index in [1.54, 1.807) is 6.92 Å². The van der Waals surface area contributed by atoms with Gasteiger partial charge in [0.15, 0.2) is 0 Å². The fourth-order valence-electron chi connectivity index (χ4n) is 1.57. The summed E-state index contributed by atoms with van der Waals surface area (Å²) < 4.78 is 4.62. The van der Waals surface area contributed by atoms with Gasteiger partial charge in [-0.05, 0) is 6.92 Å². The zero-order chi connectivity index (χ0) is 16.2. The summed E-state index contributed by atoms with van der Waals surface area (Å²) in [5.74, 6) is -1.14. The predicted octanol–water partition coefficient (Wildman–Crippen LogP) is 0.573. The number of nitrogen functional groups attached to an aromatic ring is 1. The van der Waals surface area contributed by atoms with Crippen LogP contribution in [0.4, 0.5) is 11.5 Å². The van der Waals surface area contributed by atoms with E-state index in [1.807, 2.05) is 0 Å². The molecule has 0 amide bonds. The number of anilines is 1. The molecular weight excluding hydrogens is 306 g/mol. The normalized spacial score (nSPS) is 13.5. The summed E-state index contributed by atoms with van der Waals surface area (Å²) in [5.41, 5.74) is 4.57. The number of nitrogens with two attached hydrogens (primary N) is 1. The van der Waals surface area contributed by atoms with Gasteiger partial charge in [-0.2, -0.15) is 0 Å². The van der Waals surface area contributed by atoms with Crippen molar-refractivity contribution in [3.05, 3.63) is 26.9 Å². The lowest BCUT2D eigenvalue weighted by molar-refractivity contribution is -0.384. The van der Waals surface area contributed by atoms with Gasteiger partial charge in [-0.3, -0.25) is 14.9 Å². The molecule has 4 N–H and O–H groups in total. The Kier molecular flexibility index (Phi) is 5.82. The van der Waals surface area contributed by atoms with E-state index in [1.165, 1.54) is 0 Å². The molecular formula is C11H14ClN3O6. The topological polar surface area (TPSA) is 149 Å². The molecule has 0 aromatic carbocycles. The Morgan fingerprint density at radius 3 is 2.76 bits per heavy atom. The second-order valence-electron chi connectivity index (χ2n) is 4.05. The molecule has 0 saturated carbocycles. The largest absolute Gasteiger partial charge is 0.466 e. The van der Waals surface area contributed by atoms with Gasteiger partial charge in [0.2, 0.25) is 5.82 Å². The van der Waals surface area contributed by atoms with Crippen molar-refractivity contribution in [2.24, 2.45) is 0 Å². The van der Waals surface area contributed by atoms with Crippen LogP contribution < -0.4 is 5.73 Å². The molecule has 0 aliphatic heterocycles. The molecule has 9 nitrogen and oxygen atoms in total. The van der Waals surface area contributed by atoms with Crippen molar-refractivity contribution in [1.29, 1.82) is 0 Å². The van der Waals surface area contributed by atoms with Gasteiger partial charge >= 0.3 is 11.7 Å². The van der Waals surface area contributed by atoms with Gasteiger partial charge < -0.3 is 20.7 Å². The number of halogens is 1. The van der Waals surface area contributed by atoms with E-state index < -0.39 is 41.0 Å². The van der Waals surface area contributed by atoms with E-state index in [2.05, 4.69) is 9.72 Å². The van der Waals surface area contributed by atoms with Crippen LogP contribution >= 0.6 is 11.6 Å². The zero-order valence-corrected chi connectivity index (χ0v) is 11.8. The molecule has 2 unspecified atom stereocenters. The standard InChI is InChI=1S/C11H14ClN3O6/c1-2-21-8(17)4-7(16)9(18)5-3-6(15(19)20)11(13)14-10(5)12/h3,7,9,16,18H,2,4H2,1H3,(H2,13,14). The summed E-state index contributed by atoms with van der Waals surface area (Å²) in [5, 5.41) is 30.2. The summed E-state index contributed by atoms with van der Waals surface area (Å²) in [7, 11) is 0. The van der Waals surface area contributed by atoms with Gasteiger partial charge in [-0.15, -0.1) is 0 Å². The monoisotopic (exact) mass is 319 g/mol. The number of aromatic nitrogens is 1. The average molecular weight is 320 g/mol. The first-order valence-corrected chi connectivity index (χ1v) is 6.27. The quantitative estimate of drug-likeness (QED) is 0.298. The first kappa shape index (κ1) is 17.1. The molecule has 2 atom stereocenters. The Labute approximate surface area is 124 Å². The van der Waals surface area contributed by atoms with Crippen molar-refractivity contribution in [1.82, 2.24) is 4.98 Å². The fraction of sp³-hybridized carbons (Fsp3) is 0.455. The number of pyridine rings is 1. The number of nitro groups is 1. The molecule has 0 aliphatic carbocycles. The van der Waals surface area contributed by atoms with Crippen LogP contribution in [0.25, 0.3) is 0 Å². The van der Waals surface area contributed by atoms with Gasteiger partial charge in [0.05, 0.1) is 24.1 Å². The Hall–Kier alpha value is -1.97. The number of carbonyl (C=O) groups excluding carboxylic acids is 1. The summed E-state index contributed by atoms with van der Waals surface area (Å²) in [4.78, 5) is 24.7. The molecule has 1 rings (SSSR count). The Bertz CT molecular complexity index is 553. The zero-order valence-electron chi connectivity index (χ0n) is 11.0. The number of hydrogen-bond donors (Lipinski definition) is 3. The van der Waals surface area contributed by atoms with Crippen molar-refractivity contribution >= 4 is 29.1 Å². The molecule has 0 radical (unpaired) electrons. The van der Waals surface area contributed by atoms with Crippen LogP contribution in [0, 0.1) is 10.1 Å². The molecule has 0 bridgehead atoms. The minimum atomic E-state index is -1.64. The maximum Gasteiger partial charge on any atom is 0.311 e. The van der Waals surface area contributed by atoms with E-state index in [4.69, 9.17) is 17.3 Å². The Morgan fingerprint density at radius 2 is 2.24 bits per heavy atom. The number of rotatable bonds is 6. The highest BCUT2D eigenvalue weighted by atomic mass is 35.5. The molecule has 0 fully saturated rings. The van der Waals surface area contributed by atoms with E-state index >= 15 is 0 Å². The van der Waals surface area contributed by atoms with Crippen LogP contribution in [0.1, 0.15) is 25.0 Å². The van der Waals surface area contributed by atoms with E-state index in [9.17, 15) is 25.1 Å². The third-order valence-corrected chi connectivity index (χ3v) is 2.88. The van der Waals surface area contributed by atoms with Gasteiger partial charge in [0, 0.05) is 11.6 Å². The van der Waals surface area contributed by atoms with Crippen molar-refractivity contribution in [3.8, 4) is 0 Å². The predicted molar refractivity (Wildman–Crippen MR) is 72.5 cm³/mol. The van der Waals surface area contributed by atoms with E-state index in [0.717, 1.165) is 6.07 Å². The van der Waals surface area contributed by atoms with Crippen molar-refractivity contribution in [2.75, 3.05) is 12.3 Å². The lowest BCUT2D eigenvalue weighted by Crippen LogP contribution is -2.23. The lowest BCUT2D eigenvalue weighted by Gasteiger charge is -2.18. The number of aliphatic hydroxyl groups excluding tert-OH is 2. The van der Waals surface area contributed by atoms with Crippen molar-refractivity contribution < 1.29 is 24.7 Å². The maximum atomic E-state index is 11.2. The number of aliphatic hydroxyl groups is 2. The van der Waals surface area contributed by atoms with Crippen LogP contribution in [0.2, 0.25) is 5.15 Å². The van der Waals surface area contributed by atoms with Crippen molar-refractivity contribution in [2.45, 2.75) is 25.6 Å². The minimum Gasteiger partial charge on any atom is -0.466 e. The van der Waals surface area contributed by atoms with E-state index in [0.29, 0.717) is 0 Å². The van der Waals surface area contributed by atoms with Gasteiger partial charge in [-0.1, -0.05) is 11.6 Å². The molecule has 10 heteroatoms. The van der Waals surface area contributed by atoms with Gasteiger partial charge in [-0.25, -0.2) is 4.98 Å². The number of esters is 1. The minimum absolute atomic E-state index is 0.122. The molecule has 21 heavy (non-hydrogen) atoms. The van der Waals surface area contributed by atoms with Crippen LogP contribution in [-0.2, 0) is 9.53 Å². The molecule has 0 spiro atoms. The van der Waals surface area contributed by atoms with Crippen LogP contribution in [0.5, 0.6) is 0 Å². The smallest absolute Gasteiger partial charge is 0.311 e. The summed E-state index contributed by atoms with van der Waals surface area (Å²) in [6, 6.07) is 0.906. The number of nitrogens with zero attached hydrogens (tertiary/aromatic N) is 2. The van der Waals surface area contributed by atoms with Crippen LogP contribution in [-0.4, -0.2) is 38.8 Å². The second kappa shape index (κ2) is 7.16. The molecule has 1 aromatic rings. The highest BCUT2D eigenvalue weighted by Crippen LogP contribution is 2.31. The SMILES string of the molecule is CCOC(=O)CC(O)C(O)c1cc([N+](=O)[O-])c(N)nc1Cl. The van der Waals surface area contributed by atoms with Crippen LogP contribution in [0.15, 0.2) is 6.07 Å². The highest BCUT2D eigenvalue weighted by molar-refractivity contribution is 6.30. The number of hydrogen-bond acceptors (Lipinski definition) is 8. The first-order valence-electron chi connectivity index (χ1n) is 5.90. The highest BCUT2D eigenvalue weighted by Gasteiger charge is 2.27. The Morgan fingerprint density at radius 1 is 1.62 bits per heavy atom. The maximum absolute atomic E-state index is 11.2. The molecule has 1 aromatic heterocycles. The number of carbonyl (C=O) groups is 1. The van der Waals surface area contributed by atoms with E-state index in [-0.39, 0.29) is 17.3 Å². The van der Waals surface area contributed by atoms with Crippen LogP contribution in [0.3, 0.4) is 0 Å². The summed E-state index contributed by atoms with van der Waals surface area (Å²) in [6.07, 6.45) is -3.69. The third-order valence-electron chi connectivity index (χ3n) is 2.57. The molecule has 116 valence electrons. The Balaban J connectivity index is 3.01. The lowest BCUT2D eigenvalue weighted by atomic mass is 10.0.